The molecule has 0 fully saturated rings. The molecule has 7 nitrogen and oxygen atoms in total. The Hall–Kier alpha value is -3.99. The second kappa shape index (κ2) is 8.79. The topological polar surface area (TPSA) is 97.0 Å². The van der Waals surface area contributed by atoms with Gasteiger partial charge in [-0.25, -0.2) is 13.9 Å². The van der Waals surface area contributed by atoms with Gasteiger partial charge in [-0.15, -0.1) is 0 Å². The Labute approximate surface area is 178 Å². The number of ether oxygens (including phenoxy) is 1. The molecule has 0 saturated carbocycles. The molecular weight excluding hydrogens is 399 g/mol. The van der Waals surface area contributed by atoms with Crippen molar-refractivity contribution in [3.05, 3.63) is 76.9 Å². The number of carbonyl (C=O) groups excluding carboxylic acids is 2. The number of aromatic nitrogens is 2. The monoisotopic (exact) mass is 418 g/mol. The number of nitrogens with one attached hydrogen (secondary N) is 1. The molecule has 1 N–H and O–H groups in total. The van der Waals surface area contributed by atoms with E-state index in [1.807, 2.05) is 0 Å². The van der Waals surface area contributed by atoms with Gasteiger partial charge < -0.3 is 10.1 Å². The number of amides is 1. The minimum atomic E-state index is -0.668. The first-order chi connectivity index (χ1) is 15.0. The Bertz CT molecular complexity index is 1160. The number of rotatable bonds is 6. The van der Waals surface area contributed by atoms with Gasteiger partial charge in [0.2, 0.25) is 0 Å². The van der Waals surface area contributed by atoms with Gasteiger partial charge in [0.15, 0.2) is 12.3 Å². The highest BCUT2D eigenvalue weighted by Gasteiger charge is 2.28. The molecule has 1 aliphatic rings. The maximum atomic E-state index is 13.2. The van der Waals surface area contributed by atoms with E-state index in [9.17, 15) is 14.0 Å². The van der Waals surface area contributed by atoms with Crippen LogP contribution < -0.4 is 5.32 Å². The van der Waals surface area contributed by atoms with Crippen molar-refractivity contribution in [2.24, 2.45) is 0 Å². The first kappa shape index (κ1) is 20.3. The van der Waals surface area contributed by atoms with Gasteiger partial charge in [0, 0.05) is 16.9 Å². The largest absolute Gasteiger partial charge is 0.451 e. The van der Waals surface area contributed by atoms with Crippen molar-refractivity contribution in [3.8, 4) is 11.8 Å². The number of hydrogen-bond donors (Lipinski definition) is 1. The number of carbonyl (C=O) groups is 2. The third-order valence-electron chi connectivity index (χ3n) is 5.05. The summed E-state index contributed by atoms with van der Waals surface area (Å²) in [5.74, 6) is -1.49. The van der Waals surface area contributed by atoms with Crippen LogP contribution in [0.2, 0.25) is 0 Å². The molecule has 2 aromatic carbocycles. The fraction of sp³-hybridized carbons (Fsp3) is 0.217. The molecule has 0 aliphatic heterocycles. The maximum absolute atomic E-state index is 13.2. The lowest BCUT2D eigenvalue weighted by molar-refractivity contribution is -0.119. The molecule has 1 aromatic heterocycles. The van der Waals surface area contributed by atoms with Gasteiger partial charge in [0.05, 0.1) is 18.2 Å². The molecule has 4 rings (SSSR count). The van der Waals surface area contributed by atoms with E-state index in [1.54, 1.807) is 41.1 Å². The number of anilines is 1. The third-order valence-corrected chi connectivity index (χ3v) is 5.05. The van der Waals surface area contributed by atoms with E-state index in [2.05, 4.69) is 16.5 Å². The van der Waals surface area contributed by atoms with Crippen LogP contribution in [0.15, 0.2) is 48.5 Å². The van der Waals surface area contributed by atoms with Crippen LogP contribution in [0, 0.1) is 17.1 Å². The molecule has 1 heterocycles. The molecule has 0 saturated heterocycles. The van der Waals surface area contributed by atoms with Crippen LogP contribution in [0.3, 0.4) is 0 Å². The van der Waals surface area contributed by atoms with Crippen molar-refractivity contribution in [3.63, 3.8) is 0 Å². The number of nitrogens with zero attached hydrogens (tertiary/aromatic N) is 3. The molecule has 0 unspecified atom stereocenters. The summed E-state index contributed by atoms with van der Waals surface area (Å²) in [4.78, 5) is 24.8. The summed E-state index contributed by atoms with van der Waals surface area (Å²) in [6.07, 6.45) is 2.63. The summed E-state index contributed by atoms with van der Waals surface area (Å²) in [5, 5.41) is 15.7. The highest BCUT2D eigenvalue weighted by molar-refractivity contribution is 5.95. The van der Waals surface area contributed by atoms with Crippen molar-refractivity contribution in [2.45, 2.75) is 25.7 Å². The van der Waals surface area contributed by atoms with Gasteiger partial charge in [-0.3, -0.25) is 4.79 Å². The first-order valence-electron chi connectivity index (χ1n) is 9.84. The number of fused-ring (bicyclic) bond motifs is 1. The van der Waals surface area contributed by atoms with Gasteiger partial charge >= 0.3 is 5.97 Å². The number of nitriles is 1. The van der Waals surface area contributed by atoms with Crippen LogP contribution in [0.25, 0.3) is 5.69 Å². The molecule has 3 aromatic rings. The lowest BCUT2D eigenvalue weighted by atomic mass is 10.1. The van der Waals surface area contributed by atoms with Crippen molar-refractivity contribution >= 4 is 17.6 Å². The third kappa shape index (κ3) is 4.46. The van der Waals surface area contributed by atoms with Gasteiger partial charge in [0.25, 0.3) is 5.91 Å². The predicted molar refractivity (Wildman–Crippen MR) is 110 cm³/mol. The summed E-state index contributed by atoms with van der Waals surface area (Å²) in [7, 11) is 0. The van der Waals surface area contributed by atoms with Crippen molar-refractivity contribution in [2.75, 3.05) is 11.9 Å². The van der Waals surface area contributed by atoms with Crippen LogP contribution >= 0.6 is 0 Å². The molecule has 31 heavy (non-hydrogen) atoms. The van der Waals surface area contributed by atoms with E-state index in [0.29, 0.717) is 24.2 Å². The zero-order valence-corrected chi connectivity index (χ0v) is 16.6. The van der Waals surface area contributed by atoms with Crippen molar-refractivity contribution in [1.29, 1.82) is 5.26 Å². The van der Waals surface area contributed by atoms with Crippen LogP contribution in [-0.2, 0) is 28.8 Å². The Morgan fingerprint density at radius 2 is 1.87 bits per heavy atom. The van der Waals surface area contributed by atoms with E-state index in [4.69, 9.17) is 10.00 Å². The van der Waals surface area contributed by atoms with Gasteiger partial charge in [-0.1, -0.05) is 12.1 Å². The minimum absolute atomic E-state index is 0.186. The Morgan fingerprint density at radius 3 is 2.58 bits per heavy atom. The second-order valence-electron chi connectivity index (χ2n) is 7.17. The Kier molecular flexibility index (Phi) is 5.76. The molecule has 1 aliphatic carbocycles. The van der Waals surface area contributed by atoms with Crippen LogP contribution in [0.1, 0.15) is 33.7 Å². The smallest absolute Gasteiger partial charge is 0.359 e. The van der Waals surface area contributed by atoms with E-state index in [0.717, 1.165) is 29.7 Å². The maximum Gasteiger partial charge on any atom is 0.359 e. The molecule has 0 atom stereocenters. The van der Waals surface area contributed by atoms with Crippen molar-refractivity contribution < 1.29 is 18.7 Å². The summed E-state index contributed by atoms with van der Waals surface area (Å²) in [5.41, 5.74) is 3.95. The van der Waals surface area contributed by atoms with Crippen LogP contribution in [0.5, 0.6) is 0 Å². The Balaban J connectivity index is 1.42. The summed E-state index contributed by atoms with van der Waals surface area (Å²) in [6.45, 7) is -0.447. The van der Waals surface area contributed by atoms with Crippen LogP contribution in [-0.4, -0.2) is 28.3 Å². The van der Waals surface area contributed by atoms with E-state index < -0.39 is 18.5 Å². The normalized spacial score (nSPS) is 12.1. The van der Waals surface area contributed by atoms with E-state index in [1.165, 1.54) is 12.1 Å². The Morgan fingerprint density at radius 1 is 1.13 bits per heavy atom. The second-order valence-corrected chi connectivity index (χ2v) is 7.17. The number of hydrogen-bond acceptors (Lipinski definition) is 5. The summed E-state index contributed by atoms with van der Waals surface area (Å²) in [6, 6.07) is 14.8. The average Bonchev–Trinajstić information content (AvgIpc) is 3.37. The quantitative estimate of drug-likeness (QED) is 0.619. The summed E-state index contributed by atoms with van der Waals surface area (Å²) >= 11 is 0. The highest BCUT2D eigenvalue weighted by Crippen LogP contribution is 2.28. The lowest BCUT2D eigenvalue weighted by Gasteiger charge is -2.07. The molecule has 156 valence electrons. The summed E-state index contributed by atoms with van der Waals surface area (Å²) < 4.78 is 20.1. The highest BCUT2D eigenvalue weighted by atomic mass is 19.1. The van der Waals surface area contributed by atoms with Gasteiger partial charge in [0.1, 0.15) is 5.82 Å². The van der Waals surface area contributed by atoms with Gasteiger partial charge in [-0.2, -0.15) is 10.4 Å². The standard InChI is InChI=1S/C23H19FN4O3/c24-16-6-10-18(11-7-16)28-20-3-1-2-19(20)22(27-28)23(30)31-14-21(29)26-17-8-4-15(5-9-17)12-13-25/h4-11H,1-3,12,14H2,(H,26,29). The zero-order chi connectivity index (χ0) is 21.8. The first-order valence-corrected chi connectivity index (χ1v) is 9.84. The zero-order valence-electron chi connectivity index (χ0n) is 16.6. The fourth-order valence-corrected chi connectivity index (χ4v) is 3.59. The number of benzene rings is 2. The van der Waals surface area contributed by atoms with Crippen LogP contribution in [0.4, 0.5) is 10.1 Å². The minimum Gasteiger partial charge on any atom is -0.451 e. The molecule has 0 bridgehead atoms. The van der Waals surface area contributed by atoms with E-state index in [-0.39, 0.29) is 11.5 Å². The average molecular weight is 418 g/mol. The van der Waals surface area contributed by atoms with Gasteiger partial charge in [-0.05, 0) is 61.2 Å². The SMILES string of the molecule is N#CCc1ccc(NC(=O)COC(=O)c2nn(-c3ccc(F)cc3)c3c2CCC3)cc1. The number of esters is 1. The van der Waals surface area contributed by atoms with Crippen molar-refractivity contribution in [1.82, 2.24) is 9.78 Å². The predicted octanol–water partition coefficient (Wildman–Crippen LogP) is 3.36. The lowest BCUT2D eigenvalue weighted by Crippen LogP contribution is -2.21. The molecule has 0 spiro atoms. The number of halogens is 1. The molecular formula is C23H19FN4O3. The van der Waals surface area contributed by atoms with E-state index >= 15 is 0 Å². The molecule has 0 radical (unpaired) electrons. The molecule has 1 amide bonds. The fourth-order valence-electron chi connectivity index (χ4n) is 3.59. The molecule has 8 heteroatoms.